The molecule has 6 heteroatoms. The van der Waals surface area contributed by atoms with Gasteiger partial charge in [-0.25, -0.2) is 0 Å². The molecule has 0 amide bonds. The van der Waals surface area contributed by atoms with Gasteiger partial charge in [0.15, 0.2) is 0 Å². The first-order chi connectivity index (χ1) is 7.51. The van der Waals surface area contributed by atoms with Gasteiger partial charge in [0.05, 0.1) is 10.6 Å². The van der Waals surface area contributed by atoms with E-state index < -0.39 is 33.2 Å². The van der Waals surface area contributed by atoms with Crippen LogP contribution in [0.5, 0.6) is 0 Å². The fourth-order valence-corrected chi connectivity index (χ4v) is 3.23. The SMILES string of the molecule is C=C(C1C(C(=O)O)C1(C)C)C(F)(F)SC(C)Cl. The molecule has 0 aromatic heterocycles. The zero-order chi connectivity index (χ0) is 13.6. The zero-order valence-corrected chi connectivity index (χ0v) is 11.4. The molecule has 0 heterocycles. The Hall–Kier alpha value is -0.290. The number of hydrogen-bond donors (Lipinski definition) is 1. The lowest BCUT2D eigenvalue weighted by Gasteiger charge is -2.20. The van der Waals surface area contributed by atoms with Crippen LogP contribution in [0.1, 0.15) is 20.8 Å². The predicted molar refractivity (Wildman–Crippen MR) is 65.4 cm³/mol. The molecule has 0 spiro atoms. The Labute approximate surface area is 108 Å². The predicted octanol–water partition coefficient (Wildman–Crippen LogP) is 3.81. The Balaban J connectivity index is 2.83. The molecular formula is C11H15ClF2O2S. The molecule has 1 aliphatic carbocycles. The molecule has 1 aliphatic rings. The van der Waals surface area contributed by atoms with Crippen molar-refractivity contribution in [1.82, 2.24) is 0 Å². The normalized spacial score (nSPS) is 28.6. The minimum Gasteiger partial charge on any atom is -0.481 e. The van der Waals surface area contributed by atoms with E-state index in [0.717, 1.165) is 0 Å². The molecule has 0 saturated heterocycles. The number of rotatable bonds is 5. The van der Waals surface area contributed by atoms with E-state index in [1.165, 1.54) is 6.92 Å². The van der Waals surface area contributed by atoms with Crippen LogP contribution >= 0.6 is 23.4 Å². The summed E-state index contributed by atoms with van der Waals surface area (Å²) in [6.07, 6.45) is 0. The average molecular weight is 285 g/mol. The van der Waals surface area contributed by atoms with Crippen molar-refractivity contribution in [2.24, 2.45) is 17.3 Å². The minimum absolute atomic E-state index is 0.287. The lowest BCUT2D eigenvalue weighted by Crippen LogP contribution is -2.19. The fourth-order valence-electron chi connectivity index (χ4n) is 2.21. The number of carbonyl (C=O) groups is 1. The third-order valence-electron chi connectivity index (χ3n) is 3.15. The van der Waals surface area contributed by atoms with Gasteiger partial charge in [0.25, 0.3) is 0 Å². The summed E-state index contributed by atoms with van der Waals surface area (Å²) in [7, 11) is 0. The standard InChI is InChI=1S/C11H15ClF2O2S/c1-5(11(13,14)17-6(2)12)7-8(9(15)16)10(7,3)4/h6-8H,1H2,2-4H3,(H,15,16). The number of alkyl halides is 3. The van der Waals surface area contributed by atoms with E-state index >= 15 is 0 Å². The van der Waals surface area contributed by atoms with Crippen molar-refractivity contribution in [3.05, 3.63) is 12.2 Å². The van der Waals surface area contributed by atoms with Crippen LogP contribution in [0, 0.1) is 17.3 Å². The Morgan fingerprint density at radius 2 is 2.00 bits per heavy atom. The molecule has 3 unspecified atom stereocenters. The van der Waals surface area contributed by atoms with E-state index in [2.05, 4.69) is 6.58 Å². The van der Waals surface area contributed by atoms with Crippen molar-refractivity contribution in [2.45, 2.75) is 30.7 Å². The number of carboxylic acids is 1. The number of carboxylic acid groups (broad SMARTS) is 1. The van der Waals surface area contributed by atoms with Crippen LogP contribution in [0.25, 0.3) is 0 Å². The molecular weight excluding hydrogens is 270 g/mol. The zero-order valence-electron chi connectivity index (χ0n) is 9.84. The molecule has 98 valence electrons. The minimum atomic E-state index is -3.19. The third-order valence-corrected chi connectivity index (χ3v) is 4.30. The van der Waals surface area contributed by atoms with Gasteiger partial charge in [-0.1, -0.05) is 32.2 Å². The molecule has 0 radical (unpaired) electrons. The number of halogens is 3. The van der Waals surface area contributed by atoms with Crippen LogP contribution in [0.2, 0.25) is 0 Å². The summed E-state index contributed by atoms with van der Waals surface area (Å²) in [4.78, 5) is 10.9. The topological polar surface area (TPSA) is 37.3 Å². The molecule has 0 aromatic carbocycles. The summed E-state index contributed by atoms with van der Waals surface area (Å²) in [5, 5.41) is 5.75. The van der Waals surface area contributed by atoms with Gasteiger partial charge in [0, 0.05) is 11.5 Å². The molecule has 2 nitrogen and oxygen atoms in total. The van der Waals surface area contributed by atoms with Crippen LogP contribution in [-0.4, -0.2) is 21.0 Å². The second kappa shape index (κ2) is 4.43. The third kappa shape index (κ3) is 2.76. The lowest BCUT2D eigenvalue weighted by atomic mass is 10.0. The van der Waals surface area contributed by atoms with Crippen LogP contribution in [-0.2, 0) is 4.79 Å². The van der Waals surface area contributed by atoms with Gasteiger partial charge < -0.3 is 5.11 Å². The summed E-state index contributed by atoms with van der Waals surface area (Å²) in [5.41, 5.74) is -1.00. The van der Waals surface area contributed by atoms with Crippen molar-refractivity contribution in [2.75, 3.05) is 0 Å². The highest BCUT2D eigenvalue weighted by atomic mass is 35.5. The number of aliphatic carboxylic acids is 1. The maximum atomic E-state index is 13.7. The number of hydrogen-bond acceptors (Lipinski definition) is 2. The largest absolute Gasteiger partial charge is 0.481 e. The monoisotopic (exact) mass is 284 g/mol. The summed E-state index contributed by atoms with van der Waals surface area (Å²) in [6, 6.07) is 0. The van der Waals surface area contributed by atoms with Crippen molar-refractivity contribution in [3.8, 4) is 0 Å². The van der Waals surface area contributed by atoms with Gasteiger partial charge in [0.2, 0.25) is 0 Å². The molecule has 3 atom stereocenters. The highest BCUT2D eigenvalue weighted by Crippen LogP contribution is 2.65. The second-order valence-electron chi connectivity index (χ2n) is 4.82. The van der Waals surface area contributed by atoms with E-state index in [1.54, 1.807) is 13.8 Å². The van der Waals surface area contributed by atoms with E-state index in [4.69, 9.17) is 16.7 Å². The Morgan fingerprint density at radius 3 is 2.29 bits per heavy atom. The van der Waals surface area contributed by atoms with Crippen LogP contribution in [0.15, 0.2) is 12.2 Å². The highest BCUT2D eigenvalue weighted by molar-refractivity contribution is 8.02. The molecule has 0 aliphatic heterocycles. The van der Waals surface area contributed by atoms with Gasteiger partial charge in [-0.15, -0.1) is 11.6 Å². The Kier molecular flexibility index (Phi) is 3.85. The highest BCUT2D eigenvalue weighted by Gasteiger charge is 2.66. The van der Waals surface area contributed by atoms with Crippen LogP contribution < -0.4 is 0 Å². The van der Waals surface area contributed by atoms with Crippen molar-refractivity contribution >= 4 is 29.3 Å². The quantitative estimate of drug-likeness (QED) is 0.616. The van der Waals surface area contributed by atoms with Gasteiger partial charge in [0.1, 0.15) is 0 Å². The molecule has 1 N–H and O–H groups in total. The van der Waals surface area contributed by atoms with E-state index in [-0.39, 0.29) is 17.3 Å². The maximum absolute atomic E-state index is 13.7. The fraction of sp³-hybridized carbons (Fsp3) is 0.727. The molecule has 1 saturated carbocycles. The Bertz CT molecular complexity index is 355. The van der Waals surface area contributed by atoms with Crippen molar-refractivity contribution < 1.29 is 18.7 Å². The number of thioether (sulfide) groups is 1. The smallest absolute Gasteiger partial charge is 0.316 e. The summed E-state index contributed by atoms with van der Waals surface area (Å²) in [6.45, 7) is 8.14. The first-order valence-electron chi connectivity index (χ1n) is 5.13. The second-order valence-corrected chi connectivity index (χ2v) is 7.19. The maximum Gasteiger partial charge on any atom is 0.316 e. The summed E-state index contributed by atoms with van der Waals surface area (Å²) in [5.74, 6) is -2.54. The van der Waals surface area contributed by atoms with Gasteiger partial charge >= 0.3 is 11.2 Å². The van der Waals surface area contributed by atoms with E-state index in [0.29, 0.717) is 0 Å². The summed E-state index contributed by atoms with van der Waals surface area (Å²) < 4.78 is 26.7. The molecule has 1 rings (SSSR count). The molecule has 0 aromatic rings. The van der Waals surface area contributed by atoms with Gasteiger partial charge in [-0.2, -0.15) is 8.78 Å². The molecule has 0 bridgehead atoms. The Morgan fingerprint density at radius 1 is 1.53 bits per heavy atom. The molecule has 1 fully saturated rings. The molecule has 17 heavy (non-hydrogen) atoms. The van der Waals surface area contributed by atoms with E-state index in [1.807, 2.05) is 0 Å². The first kappa shape index (κ1) is 14.8. The van der Waals surface area contributed by atoms with Crippen LogP contribution in [0.3, 0.4) is 0 Å². The van der Waals surface area contributed by atoms with E-state index in [9.17, 15) is 13.6 Å². The van der Waals surface area contributed by atoms with Crippen molar-refractivity contribution in [3.63, 3.8) is 0 Å². The van der Waals surface area contributed by atoms with Crippen molar-refractivity contribution in [1.29, 1.82) is 0 Å². The van der Waals surface area contributed by atoms with Gasteiger partial charge in [-0.05, 0) is 12.3 Å². The van der Waals surface area contributed by atoms with Gasteiger partial charge in [-0.3, -0.25) is 4.79 Å². The summed E-state index contributed by atoms with van der Waals surface area (Å²) >= 11 is 5.81. The first-order valence-corrected chi connectivity index (χ1v) is 6.45. The van der Waals surface area contributed by atoms with Crippen LogP contribution in [0.4, 0.5) is 8.78 Å². The lowest BCUT2D eigenvalue weighted by molar-refractivity contribution is -0.139. The average Bonchev–Trinajstić information content (AvgIpc) is 2.65.